The minimum absolute atomic E-state index is 0.0248. The highest BCUT2D eigenvalue weighted by atomic mass is 16.5. The standard InChI is InChI=1S/C36H36N2O5/c1-34-17-23-18-35(2,20-34)22-36(19-23,21-34)29-9-7-28(41-27-8-10-30(37)31(39)15-27)16-32(29)42-25-5-3-24(4-6-25)33(40)43-26-11-13-38-14-12-26/h3-16,23,39H,17-22,37H2,1-2H3. The van der Waals surface area contributed by atoms with Crippen molar-refractivity contribution in [3.05, 3.63) is 96.3 Å². The molecule has 4 bridgehead atoms. The number of nitrogens with zero attached hydrogens (tertiary/aromatic N) is 1. The first-order valence-corrected chi connectivity index (χ1v) is 14.9. The summed E-state index contributed by atoms with van der Waals surface area (Å²) in [5.74, 6) is 3.14. The highest BCUT2D eigenvalue weighted by Gasteiger charge is 2.61. The molecule has 1 aromatic heterocycles. The van der Waals surface area contributed by atoms with Crippen LogP contribution in [0.25, 0.3) is 0 Å². The Labute approximate surface area is 251 Å². The quantitative estimate of drug-likeness (QED) is 0.129. The molecule has 0 radical (unpaired) electrons. The fraction of sp³-hybridized carbons (Fsp3) is 0.333. The lowest BCUT2D eigenvalue weighted by Gasteiger charge is -2.65. The van der Waals surface area contributed by atoms with Crippen LogP contribution in [0.3, 0.4) is 0 Å². The predicted molar refractivity (Wildman–Crippen MR) is 164 cm³/mol. The van der Waals surface area contributed by atoms with Gasteiger partial charge in [-0.05, 0) is 110 Å². The van der Waals surface area contributed by atoms with Crippen molar-refractivity contribution < 1.29 is 24.1 Å². The van der Waals surface area contributed by atoms with Gasteiger partial charge in [0.1, 0.15) is 34.5 Å². The van der Waals surface area contributed by atoms with E-state index < -0.39 is 5.97 Å². The van der Waals surface area contributed by atoms with Crippen LogP contribution in [0.4, 0.5) is 5.69 Å². The number of ether oxygens (including phenoxy) is 3. The van der Waals surface area contributed by atoms with Crippen LogP contribution in [0.15, 0.2) is 85.2 Å². The van der Waals surface area contributed by atoms with Gasteiger partial charge in [-0.3, -0.25) is 4.98 Å². The maximum Gasteiger partial charge on any atom is 0.343 e. The topological polar surface area (TPSA) is 104 Å². The van der Waals surface area contributed by atoms with E-state index in [0.29, 0.717) is 45.1 Å². The number of hydrogen-bond acceptors (Lipinski definition) is 7. The molecule has 3 N–H and O–H groups in total. The van der Waals surface area contributed by atoms with Crippen molar-refractivity contribution >= 4 is 11.7 Å². The molecule has 4 fully saturated rings. The zero-order valence-corrected chi connectivity index (χ0v) is 24.5. The first-order chi connectivity index (χ1) is 20.6. The lowest BCUT2D eigenvalue weighted by atomic mass is 9.39. The molecular weight excluding hydrogens is 540 g/mol. The lowest BCUT2D eigenvalue weighted by molar-refractivity contribution is -0.110. The number of phenolic OH excluding ortho intramolecular Hbond substituents is 1. The highest BCUT2D eigenvalue weighted by molar-refractivity contribution is 5.91. The van der Waals surface area contributed by atoms with E-state index in [1.165, 1.54) is 37.3 Å². The maximum absolute atomic E-state index is 12.7. The molecule has 0 amide bonds. The Balaban J connectivity index is 1.21. The van der Waals surface area contributed by atoms with E-state index in [9.17, 15) is 9.90 Å². The van der Waals surface area contributed by atoms with Crippen molar-refractivity contribution in [3.8, 4) is 34.5 Å². The van der Waals surface area contributed by atoms with Crippen molar-refractivity contribution in [2.24, 2.45) is 16.7 Å². The van der Waals surface area contributed by atoms with Gasteiger partial charge in [0, 0.05) is 35.5 Å². The second-order valence-electron chi connectivity index (χ2n) is 13.6. The van der Waals surface area contributed by atoms with E-state index in [4.69, 9.17) is 19.9 Å². The molecular formula is C36H36N2O5. The van der Waals surface area contributed by atoms with Gasteiger partial charge >= 0.3 is 5.97 Å². The molecule has 3 aromatic carbocycles. The number of rotatable bonds is 7. The molecule has 2 unspecified atom stereocenters. The van der Waals surface area contributed by atoms with E-state index in [0.717, 1.165) is 24.5 Å². The largest absolute Gasteiger partial charge is 0.506 e. The summed E-state index contributed by atoms with van der Waals surface area (Å²) < 4.78 is 18.2. The number of esters is 1. The zero-order chi connectivity index (χ0) is 29.8. The molecule has 8 rings (SSSR count). The number of aromatic hydroxyl groups is 1. The molecule has 4 aliphatic carbocycles. The van der Waals surface area contributed by atoms with Crippen molar-refractivity contribution in [3.63, 3.8) is 0 Å². The summed E-state index contributed by atoms with van der Waals surface area (Å²) in [5, 5.41) is 10.1. The van der Waals surface area contributed by atoms with Gasteiger partial charge in [0.15, 0.2) is 0 Å². The van der Waals surface area contributed by atoms with Crippen LogP contribution in [0.1, 0.15) is 68.3 Å². The molecule has 0 aliphatic heterocycles. The molecule has 43 heavy (non-hydrogen) atoms. The van der Waals surface area contributed by atoms with Gasteiger partial charge in [-0.25, -0.2) is 4.79 Å². The van der Waals surface area contributed by atoms with E-state index in [1.54, 1.807) is 60.9 Å². The Hall–Kier alpha value is -4.52. The number of pyridine rings is 1. The smallest absolute Gasteiger partial charge is 0.343 e. The van der Waals surface area contributed by atoms with Crippen LogP contribution in [0.2, 0.25) is 0 Å². The molecule has 1 heterocycles. The average molecular weight is 577 g/mol. The van der Waals surface area contributed by atoms with E-state index in [-0.39, 0.29) is 11.2 Å². The fourth-order valence-corrected chi connectivity index (χ4v) is 8.92. The number of benzene rings is 3. The van der Waals surface area contributed by atoms with Crippen LogP contribution in [-0.4, -0.2) is 16.1 Å². The van der Waals surface area contributed by atoms with Gasteiger partial charge in [0.2, 0.25) is 0 Å². The Morgan fingerprint density at radius 2 is 1.44 bits per heavy atom. The number of anilines is 1. The lowest BCUT2D eigenvalue weighted by Crippen LogP contribution is -2.56. The number of hydrogen-bond donors (Lipinski definition) is 2. The fourth-order valence-electron chi connectivity index (χ4n) is 8.92. The molecule has 4 aliphatic rings. The van der Waals surface area contributed by atoms with E-state index in [2.05, 4.69) is 24.9 Å². The minimum atomic E-state index is -0.448. The molecule has 7 nitrogen and oxygen atoms in total. The van der Waals surface area contributed by atoms with Gasteiger partial charge in [0.25, 0.3) is 0 Å². The molecule has 0 spiro atoms. The Morgan fingerprint density at radius 1 is 0.791 bits per heavy atom. The van der Waals surface area contributed by atoms with Crippen LogP contribution in [0.5, 0.6) is 34.5 Å². The van der Waals surface area contributed by atoms with Gasteiger partial charge in [-0.1, -0.05) is 19.9 Å². The summed E-state index contributed by atoms with van der Waals surface area (Å²) in [4.78, 5) is 16.6. The Kier molecular flexibility index (Phi) is 6.38. The number of phenols is 1. The number of nitrogen functional groups attached to an aromatic ring is 1. The summed E-state index contributed by atoms with van der Waals surface area (Å²) in [6.07, 6.45) is 10.5. The van der Waals surface area contributed by atoms with Gasteiger partial charge in [-0.15, -0.1) is 0 Å². The number of carbonyl (C=O) groups is 1. The summed E-state index contributed by atoms with van der Waals surface area (Å²) in [6.45, 7) is 4.94. The summed E-state index contributed by atoms with van der Waals surface area (Å²) in [6, 6.07) is 21.3. The van der Waals surface area contributed by atoms with Crippen LogP contribution >= 0.6 is 0 Å². The Morgan fingerprint density at radius 3 is 2.12 bits per heavy atom. The summed E-state index contributed by atoms with van der Waals surface area (Å²) >= 11 is 0. The third kappa shape index (κ3) is 5.29. The molecule has 2 atom stereocenters. The third-order valence-corrected chi connectivity index (χ3v) is 9.57. The van der Waals surface area contributed by atoms with Gasteiger partial charge in [0.05, 0.1) is 11.3 Å². The summed E-state index contributed by atoms with van der Waals surface area (Å²) in [5.41, 5.74) is 8.41. The molecule has 4 saturated carbocycles. The predicted octanol–water partition coefficient (Wildman–Crippen LogP) is 8.42. The Bertz CT molecular complexity index is 1670. The van der Waals surface area contributed by atoms with Crippen molar-refractivity contribution in [2.75, 3.05) is 5.73 Å². The molecule has 7 heteroatoms. The number of carbonyl (C=O) groups excluding carboxylic acids is 1. The zero-order valence-electron chi connectivity index (χ0n) is 24.5. The van der Waals surface area contributed by atoms with Crippen molar-refractivity contribution in [1.82, 2.24) is 4.98 Å². The second-order valence-corrected chi connectivity index (χ2v) is 13.6. The molecule has 220 valence electrons. The minimum Gasteiger partial charge on any atom is -0.506 e. The maximum atomic E-state index is 12.7. The van der Waals surface area contributed by atoms with Crippen LogP contribution in [-0.2, 0) is 5.41 Å². The average Bonchev–Trinajstić information content (AvgIpc) is 2.94. The highest BCUT2D eigenvalue weighted by Crippen LogP contribution is 2.70. The first-order valence-electron chi connectivity index (χ1n) is 14.9. The normalized spacial score (nSPS) is 27.1. The van der Waals surface area contributed by atoms with E-state index in [1.807, 2.05) is 12.1 Å². The summed E-state index contributed by atoms with van der Waals surface area (Å²) in [7, 11) is 0. The molecule has 4 aromatic rings. The van der Waals surface area contributed by atoms with Crippen molar-refractivity contribution in [2.45, 2.75) is 57.8 Å². The van der Waals surface area contributed by atoms with Gasteiger partial charge < -0.3 is 25.1 Å². The molecule has 0 saturated heterocycles. The van der Waals surface area contributed by atoms with Crippen molar-refractivity contribution in [1.29, 1.82) is 0 Å². The third-order valence-electron chi connectivity index (χ3n) is 9.57. The SMILES string of the molecule is CC12CC3CC(C)(C1)CC(c1ccc(Oc4ccc(N)c(O)c4)cc1Oc1ccc(C(=O)Oc4ccncc4)cc1)(C3)C2. The van der Waals surface area contributed by atoms with E-state index >= 15 is 0 Å². The first kappa shape index (κ1) is 27.3. The monoisotopic (exact) mass is 576 g/mol. The number of nitrogens with two attached hydrogens (primary N) is 1. The number of aromatic nitrogens is 1. The second kappa shape index (κ2) is 10.0. The van der Waals surface area contributed by atoms with Gasteiger partial charge in [-0.2, -0.15) is 0 Å². The van der Waals surface area contributed by atoms with Crippen LogP contribution < -0.4 is 19.9 Å². The van der Waals surface area contributed by atoms with Crippen LogP contribution in [0, 0.1) is 16.7 Å².